The highest BCUT2D eigenvalue weighted by molar-refractivity contribution is 6.35. The minimum Gasteiger partial charge on any atom is -0.454 e. The van der Waals surface area contributed by atoms with E-state index in [0.717, 1.165) is 50.3 Å². The van der Waals surface area contributed by atoms with Gasteiger partial charge in [-0.05, 0) is 54.8 Å². The molecule has 2 aromatic rings. The maximum Gasteiger partial charge on any atom is 0.309 e. The van der Waals surface area contributed by atoms with E-state index in [9.17, 15) is 14.0 Å². The molecule has 36 heavy (non-hydrogen) atoms. The highest BCUT2D eigenvalue weighted by Gasteiger charge is 2.28. The van der Waals surface area contributed by atoms with Crippen LogP contribution in [-0.2, 0) is 14.3 Å². The van der Waals surface area contributed by atoms with Crippen molar-refractivity contribution in [2.45, 2.75) is 25.0 Å². The minimum atomic E-state index is -0.663. The zero-order valence-corrected chi connectivity index (χ0v) is 20.1. The van der Waals surface area contributed by atoms with Crippen molar-refractivity contribution in [3.8, 4) is 11.5 Å². The fourth-order valence-corrected chi connectivity index (χ4v) is 4.88. The number of piperazine rings is 1. The number of nitrogens with zero attached hydrogens (tertiary/aromatic N) is 2. The average Bonchev–Trinajstić information content (AvgIpc) is 3.60. The lowest BCUT2D eigenvalue weighted by Gasteiger charge is -2.40. The standard InChI is InChI=1S/C26H31FN4O5/c27-19-4-6-20(7-5-19)30-9-11-31(12-10-30)22(18-3-8-23-24(14-18)36-17-35-23)16-29-26(33)25(32)28-15-21-2-1-13-34-21/h3-8,14,21-22H,1-2,9-13,15-17H2,(H,28,32)(H,29,33)/t21-,22+/m1/s1. The van der Waals surface area contributed by atoms with Gasteiger partial charge in [0.1, 0.15) is 5.82 Å². The Balaban J connectivity index is 1.23. The van der Waals surface area contributed by atoms with Gasteiger partial charge in [-0.1, -0.05) is 6.07 Å². The van der Waals surface area contributed by atoms with Crippen molar-refractivity contribution in [2.24, 2.45) is 0 Å². The van der Waals surface area contributed by atoms with E-state index in [1.54, 1.807) is 12.1 Å². The molecule has 5 rings (SSSR count). The van der Waals surface area contributed by atoms with Crippen molar-refractivity contribution in [2.75, 3.05) is 57.6 Å². The summed E-state index contributed by atoms with van der Waals surface area (Å²) in [5.41, 5.74) is 1.95. The maximum atomic E-state index is 13.3. The molecular weight excluding hydrogens is 467 g/mol. The number of ether oxygens (including phenoxy) is 3. The third-order valence-corrected chi connectivity index (χ3v) is 6.90. The van der Waals surface area contributed by atoms with Crippen molar-refractivity contribution >= 4 is 17.5 Å². The lowest BCUT2D eigenvalue weighted by atomic mass is 10.0. The highest BCUT2D eigenvalue weighted by atomic mass is 19.1. The monoisotopic (exact) mass is 498 g/mol. The number of carbonyl (C=O) groups excluding carboxylic acids is 2. The molecule has 2 saturated heterocycles. The molecule has 3 aliphatic heterocycles. The smallest absolute Gasteiger partial charge is 0.309 e. The van der Waals surface area contributed by atoms with Crippen LogP contribution >= 0.6 is 0 Å². The Bertz CT molecular complexity index is 1070. The molecule has 0 radical (unpaired) electrons. The molecule has 0 unspecified atom stereocenters. The summed E-state index contributed by atoms with van der Waals surface area (Å²) in [5, 5.41) is 5.48. The number of hydrogen-bond donors (Lipinski definition) is 2. The molecule has 2 amide bonds. The van der Waals surface area contributed by atoms with Crippen LogP contribution < -0.4 is 25.0 Å². The van der Waals surface area contributed by atoms with Crippen molar-refractivity contribution < 1.29 is 28.2 Å². The molecular formula is C26H31FN4O5. The number of carbonyl (C=O) groups is 2. The van der Waals surface area contributed by atoms with Crippen molar-refractivity contribution in [3.05, 3.63) is 53.8 Å². The topological polar surface area (TPSA) is 92.4 Å². The molecule has 2 fully saturated rings. The first-order valence-corrected chi connectivity index (χ1v) is 12.4. The first kappa shape index (κ1) is 24.3. The molecule has 3 heterocycles. The lowest BCUT2D eigenvalue weighted by molar-refractivity contribution is -0.139. The summed E-state index contributed by atoms with van der Waals surface area (Å²) in [6.07, 6.45) is 1.83. The third kappa shape index (κ3) is 5.71. The van der Waals surface area contributed by atoms with Gasteiger partial charge < -0.3 is 29.7 Å². The zero-order chi connectivity index (χ0) is 24.9. The van der Waals surface area contributed by atoms with Gasteiger partial charge in [0, 0.05) is 51.6 Å². The lowest BCUT2D eigenvalue weighted by Crippen LogP contribution is -2.51. The molecule has 0 saturated carbocycles. The Morgan fingerprint density at radius 1 is 0.972 bits per heavy atom. The molecule has 0 bridgehead atoms. The summed E-state index contributed by atoms with van der Waals surface area (Å²) in [7, 11) is 0. The van der Waals surface area contributed by atoms with E-state index < -0.39 is 11.8 Å². The van der Waals surface area contributed by atoms with E-state index in [4.69, 9.17) is 14.2 Å². The number of anilines is 1. The summed E-state index contributed by atoms with van der Waals surface area (Å²) >= 11 is 0. The van der Waals surface area contributed by atoms with E-state index >= 15 is 0 Å². The van der Waals surface area contributed by atoms with E-state index in [-0.39, 0.29) is 31.3 Å². The first-order chi connectivity index (χ1) is 17.6. The van der Waals surface area contributed by atoms with Gasteiger partial charge >= 0.3 is 11.8 Å². The van der Waals surface area contributed by atoms with Gasteiger partial charge in [0.05, 0.1) is 12.1 Å². The van der Waals surface area contributed by atoms with Crippen molar-refractivity contribution in [1.29, 1.82) is 0 Å². The first-order valence-electron chi connectivity index (χ1n) is 12.4. The van der Waals surface area contributed by atoms with Crippen LogP contribution in [0, 0.1) is 5.82 Å². The largest absolute Gasteiger partial charge is 0.454 e. The van der Waals surface area contributed by atoms with Gasteiger partial charge in [-0.3, -0.25) is 14.5 Å². The maximum absolute atomic E-state index is 13.3. The Morgan fingerprint density at radius 3 is 2.47 bits per heavy atom. The number of fused-ring (bicyclic) bond motifs is 1. The van der Waals surface area contributed by atoms with Gasteiger partial charge in [0.25, 0.3) is 0 Å². The molecule has 10 heteroatoms. The van der Waals surface area contributed by atoms with Crippen molar-refractivity contribution in [1.82, 2.24) is 15.5 Å². The fourth-order valence-electron chi connectivity index (χ4n) is 4.88. The highest BCUT2D eigenvalue weighted by Crippen LogP contribution is 2.35. The molecule has 2 aromatic carbocycles. The molecule has 0 aliphatic carbocycles. The molecule has 2 N–H and O–H groups in total. The molecule has 0 spiro atoms. The van der Waals surface area contributed by atoms with Crippen LogP contribution in [0.3, 0.4) is 0 Å². The number of halogens is 1. The van der Waals surface area contributed by atoms with Crippen LogP contribution in [0.25, 0.3) is 0 Å². The van der Waals surface area contributed by atoms with Gasteiger partial charge in [-0.15, -0.1) is 0 Å². The summed E-state index contributed by atoms with van der Waals surface area (Å²) in [6.45, 7) is 4.45. The Morgan fingerprint density at radius 2 is 1.72 bits per heavy atom. The fraction of sp³-hybridized carbons (Fsp3) is 0.462. The van der Waals surface area contributed by atoms with Crippen LogP contribution in [-0.4, -0.2) is 75.5 Å². The van der Waals surface area contributed by atoms with E-state index in [0.29, 0.717) is 24.7 Å². The summed E-state index contributed by atoms with van der Waals surface area (Å²) in [5.74, 6) is -0.213. The zero-order valence-electron chi connectivity index (χ0n) is 20.1. The van der Waals surface area contributed by atoms with Crippen LogP contribution in [0.15, 0.2) is 42.5 Å². The Kier molecular flexibility index (Phi) is 7.52. The number of benzene rings is 2. The molecule has 192 valence electrons. The van der Waals surface area contributed by atoms with Crippen LogP contribution in [0.2, 0.25) is 0 Å². The van der Waals surface area contributed by atoms with Gasteiger partial charge in [0.15, 0.2) is 11.5 Å². The SMILES string of the molecule is O=C(NC[C@H]1CCCO1)C(=O)NC[C@@H](c1ccc2c(c1)OCO2)N1CCN(c2ccc(F)cc2)CC1. The molecule has 0 aromatic heterocycles. The van der Waals surface area contributed by atoms with E-state index in [1.807, 2.05) is 18.2 Å². The predicted molar refractivity (Wildman–Crippen MR) is 130 cm³/mol. The summed E-state index contributed by atoms with van der Waals surface area (Å²) < 4.78 is 29.8. The van der Waals surface area contributed by atoms with Crippen LogP contribution in [0.1, 0.15) is 24.4 Å². The Hall–Kier alpha value is -3.37. The van der Waals surface area contributed by atoms with Crippen molar-refractivity contribution in [3.63, 3.8) is 0 Å². The molecule has 3 aliphatic rings. The van der Waals surface area contributed by atoms with E-state index in [2.05, 4.69) is 20.4 Å². The predicted octanol–water partition coefficient (Wildman–Crippen LogP) is 1.83. The normalized spacial score (nSPS) is 20.2. The minimum absolute atomic E-state index is 0.0273. The molecule has 2 atom stereocenters. The van der Waals surface area contributed by atoms with E-state index in [1.165, 1.54) is 12.1 Å². The van der Waals surface area contributed by atoms with Gasteiger partial charge in [0.2, 0.25) is 6.79 Å². The summed E-state index contributed by atoms with van der Waals surface area (Å²) in [6, 6.07) is 12.1. The number of nitrogens with one attached hydrogen (secondary N) is 2. The van der Waals surface area contributed by atoms with Crippen LogP contribution in [0.5, 0.6) is 11.5 Å². The second kappa shape index (κ2) is 11.1. The second-order valence-electron chi connectivity index (χ2n) is 9.18. The van der Waals surface area contributed by atoms with Gasteiger partial charge in [-0.25, -0.2) is 4.39 Å². The number of amides is 2. The molecule has 9 nitrogen and oxygen atoms in total. The Labute approximate surface area is 209 Å². The number of hydrogen-bond acceptors (Lipinski definition) is 7. The second-order valence-corrected chi connectivity index (χ2v) is 9.18. The average molecular weight is 499 g/mol. The quantitative estimate of drug-likeness (QED) is 0.563. The third-order valence-electron chi connectivity index (χ3n) is 6.90. The van der Waals surface area contributed by atoms with Crippen LogP contribution in [0.4, 0.5) is 10.1 Å². The van der Waals surface area contributed by atoms with Gasteiger partial charge in [-0.2, -0.15) is 0 Å². The summed E-state index contributed by atoms with van der Waals surface area (Å²) in [4.78, 5) is 29.4. The number of rotatable bonds is 7.